The summed E-state index contributed by atoms with van der Waals surface area (Å²) in [6.45, 7) is 4.35. The van der Waals surface area contributed by atoms with Gasteiger partial charge in [0.25, 0.3) is 0 Å². The van der Waals surface area contributed by atoms with E-state index in [9.17, 15) is 9.18 Å². The molecule has 1 aromatic carbocycles. The number of carbonyl (C=O) groups excluding carboxylic acids is 1. The standard InChI is InChI=1S/C16H19FN2OS/c1-11(2)16(14-8-5-9-21-14)18-10-15(20)19-13-7-4-3-6-12(13)17/h3-9,11,16,18H,10H2,1-2H3,(H,19,20). The highest BCUT2D eigenvalue weighted by atomic mass is 32.1. The van der Waals surface area contributed by atoms with Gasteiger partial charge < -0.3 is 10.6 Å². The number of carbonyl (C=O) groups is 1. The fourth-order valence-electron chi connectivity index (χ4n) is 2.09. The molecule has 3 nitrogen and oxygen atoms in total. The van der Waals surface area contributed by atoms with Crippen molar-refractivity contribution >= 4 is 22.9 Å². The first-order chi connectivity index (χ1) is 10.1. The van der Waals surface area contributed by atoms with Gasteiger partial charge in [0.15, 0.2) is 0 Å². The van der Waals surface area contributed by atoms with Gasteiger partial charge in [-0.1, -0.05) is 32.0 Å². The fraction of sp³-hybridized carbons (Fsp3) is 0.312. The number of thiophene rings is 1. The zero-order chi connectivity index (χ0) is 15.2. The molecule has 0 spiro atoms. The number of benzene rings is 1. The third-order valence-electron chi connectivity index (χ3n) is 3.15. The summed E-state index contributed by atoms with van der Waals surface area (Å²) in [6, 6.07) is 10.3. The lowest BCUT2D eigenvalue weighted by Crippen LogP contribution is -2.33. The van der Waals surface area contributed by atoms with E-state index in [0.29, 0.717) is 5.92 Å². The normalized spacial score (nSPS) is 12.4. The van der Waals surface area contributed by atoms with Crippen molar-refractivity contribution < 1.29 is 9.18 Å². The van der Waals surface area contributed by atoms with Gasteiger partial charge in [0, 0.05) is 10.9 Å². The Morgan fingerprint density at radius 2 is 2.00 bits per heavy atom. The summed E-state index contributed by atoms with van der Waals surface area (Å²) >= 11 is 1.66. The highest BCUT2D eigenvalue weighted by Gasteiger charge is 2.17. The SMILES string of the molecule is CC(C)C(NCC(=O)Nc1ccccc1F)c1cccs1. The van der Waals surface area contributed by atoms with E-state index < -0.39 is 5.82 Å². The average Bonchev–Trinajstić information content (AvgIpc) is 2.95. The Kier molecular flexibility index (Phi) is 5.47. The Bertz CT molecular complexity index is 584. The summed E-state index contributed by atoms with van der Waals surface area (Å²) in [5, 5.41) is 7.83. The van der Waals surface area contributed by atoms with Crippen LogP contribution >= 0.6 is 11.3 Å². The van der Waals surface area contributed by atoms with Gasteiger partial charge in [-0.05, 0) is 29.5 Å². The van der Waals surface area contributed by atoms with E-state index >= 15 is 0 Å². The van der Waals surface area contributed by atoms with Crippen molar-refractivity contribution in [2.75, 3.05) is 11.9 Å². The maximum Gasteiger partial charge on any atom is 0.238 e. The molecule has 0 aliphatic carbocycles. The van der Waals surface area contributed by atoms with Gasteiger partial charge in [-0.25, -0.2) is 4.39 Å². The molecule has 5 heteroatoms. The molecule has 0 saturated heterocycles. The predicted molar refractivity (Wildman–Crippen MR) is 84.9 cm³/mol. The lowest BCUT2D eigenvalue weighted by molar-refractivity contribution is -0.115. The van der Waals surface area contributed by atoms with Crippen LogP contribution < -0.4 is 10.6 Å². The quantitative estimate of drug-likeness (QED) is 0.852. The van der Waals surface area contributed by atoms with Crippen molar-refractivity contribution in [1.82, 2.24) is 5.32 Å². The molecule has 0 bridgehead atoms. The number of amides is 1. The second-order valence-electron chi connectivity index (χ2n) is 5.15. The first-order valence-corrected chi connectivity index (χ1v) is 7.77. The third kappa shape index (κ3) is 4.37. The fourth-order valence-corrected chi connectivity index (χ4v) is 3.07. The summed E-state index contributed by atoms with van der Waals surface area (Å²) in [6.07, 6.45) is 0. The van der Waals surface area contributed by atoms with Gasteiger partial charge in [-0.2, -0.15) is 0 Å². The molecule has 1 unspecified atom stereocenters. The van der Waals surface area contributed by atoms with Gasteiger partial charge in [-0.15, -0.1) is 11.3 Å². The number of para-hydroxylation sites is 1. The third-order valence-corrected chi connectivity index (χ3v) is 4.10. The predicted octanol–water partition coefficient (Wildman–Crippen LogP) is 3.81. The number of nitrogens with one attached hydrogen (secondary N) is 2. The summed E-state index contributed by atoms with van der Waals surface area (Å²) in [5.74, 6) is -0.309. The Hall–Kier alpha value is -1.72. The van der Waals surface area contributed by atoms with Crippen LogP contribution in [0.1, 0.15) is 24.8 Å². The molecule has 0 aliphatic heterocycles. The number of hydrogen-bond acceptors (Lipinski definition) is 3. The van der Waals surface area contributed by atoms with Crippen LogP contribution in [0.15, 0.2) is 41.8 Å². The molecule has 0 fully saturated rings. The number of halogens is 1. The minimum atomic E-state index is -0.426. The summed E-state index contributed by atoms with van der Waals surface area (Å²) in [5.41, 5.74) is 0.210. The summed E-state index contributed by atoms with van der Waals surface area (Å²) in [7, 11) is 0. The lowest BCUT2D eigenvalue weighted by Gasteiger charge is -2.21. The van der Waals surface area contributed by atoms with E-state index in [4.69, 9.17) is 0 Å². The number of hydrogen-bond donors (Lipinski definition) is 2. The monoisotopic (exact) mass is 306 g/mol. The Morgan fingerprint density at radius 3 is 2.62 bits per heavy atom. The zero-order valence-electron chi connectivity index (χ0n) is 12.1. The van der Waals surface area contributed by atoms with Crippen LogP contribution in [0.4, 0.5) is 10.1 Å². The maximum atomic E-state index is 13.5. The van der Waals surface area contributed by atoms with Crippen molar-refractivity contribution in [3.05, 3.63) is 52.5 Å². The van der Waals surface area contributed by atoms with Gasteiger partial charge in [0.1, 0.15) is 5.82 Å². The van der Waals surface area contributed by atoms with Crippen LogP contribution in [0, 0.1) is 11.7 Å². The smallest absolute Gasteiger partial charge is 0.238 e. The summed E-state index contributed by atoms with van der Waals surface area (Å²) < 4.78 is 13.5. The van der Waals surface area contributed by atoms with E-state index in [2.05, 4.69) is 30.5 Å². The highest BCUT2D eigenvalue weighted by Crippen LogP contribution is 2.25. The maximum absolute atomic E-state index is 13.5. The van der Waals surface area contributed by atoms with Crippen LogP contribution in [0.5, 0.6) is 0 Å². The van der Waals surface area contributed by atoms with E-state index in [1.807, 2.05) is 11.4 Å². The van der Waals surface area contributed by atoms with Crippen LogP contribution in [0.3, 0.4) is 0 Å². The van der Waals surface area contributed by atoms with Crippen molar-refractivity contribution in [2.24, 2.45) is 5.92 Å². The molecule has 0 radical (unpaired) electrons. The molecule has 1 aromatic heterocycles. The van der Waals surface area contributed by atoms with Gasteiger partial charge in [0.2, 0.25) is 5.91 Å². The van der Waals surface area contributed by atoms with E-state index in [0.717, 1.165) is 0 Å². The Labute approximate surface area is 128 Å². The summed E-state index contributed by atoms with van der Waals surface area (Å²) in [4.78, 5) is 13.1. The van der Waals surface area contributed by atoms with Crippen LogP contribution in [0.2, 0.25) is 0 Å². The molecule has 2 aromatic rings. The molecule has 2 rings (SSSR count). The topological polar surface area (TPSA) is 41.1 Å². The molecule has 2 N–H and O–H groups in total. The molecule has 112 valence electrons. The van der Waals surface area contributed by atoms with E-state index in [1.54, 1.807) is 29.5 Å². The Morgan fingerprint density at radius 1 is 1.24 bits per heavy atom. The largest absolute Gasteiger partial charge is 0.322 e. The van der Waals surface area contributed by atoms with E-state index in [-0.39, 0.29) is 24.2 Å². The highest BCUT2D eigenvalue weighted by molar-refractivity contribution is 7.10. The number of anilines is 1. The Balaban J connectivity index is 1.92. The van der Waals surface area contributed by atoms with Gasteiger partial charge >= 0.3 is 0 Å². The average molecular weight is 306 g/mol. The zero-order valence-corrected chi connectivity index (χ0v) is 12.9. The molecular formula is C16H19FN2OS. The van der Waals surface area contributed by atoms with Gasteiger partial charge in [0.05, 0.1) is 12.2 Å². The lowest BCUT2D eigenvalue weighted by atomic mass is 10.0. The second-order valence-corrected chi connectivity index (χ2v) is 6.13. The first kappa shape index (κ1) is 15.7. The van der Waals surface area contributed by atoms with Crippen molar-refractivity contribution in [3.8, 4) is 0 Å². The second kappa shape index (κ2) is 7.33. The van der Waals surface area contributed by atoms with Gasteiger partial charge in [-0.3, -0.25) is 4.79 Å². The molecule has 1 heterocycles. The minimum Gasteiger partial charge on any atom is -0.322 e. The van der Waals surface area contributed by atoms with Crippen molar-refractivity contribution in [3.63, 3.8) is 0 Å². The van der Waals surface area contributed by atoms with Crippen molar-refractivity contribution in [1.29, 1.82) is 0 Å². The van der Waals surface area contributed by atoms with Crippen molar-refractivity contribution in [2.45, 2.75) is 19.9 Å². The molecular weight excluding hydrogens is 287 g/mol. The molecule has 1 amide bonds. The van der Waals surface area contributed by atoms with E-state index in [1.165, 1.54) is 10.9 Å². The first-order valence-electron chi connectivity index (χ1n) is 6.89. The molecule has 21 heavy (non-hydrogen) atoms. The molecule has 1 atom stereocenters. The van der Waals surface area contributed by atoms with Crippen LogP contribution in [-0.4, -0.2) is 12.5 Å². The number of rotatable bonds is 6. The molecule has 0 saturated carbocycles. The minimum absolute atomic E-state index is 0.122. The van der Waals surface area contributed by atoms with Crippen LogP contribution in [0.25, 0.3) is 0 Å². The molecule has 0 aliphatic rings. The van der Waals surface area contributed by atoms with Crippen LogP contribution in [-0.2, 0) is 4.79 Å².